The lowest BCUT2D eigenvalue weighted by Crippen LogP contribution is -2.50. The van der Waals surface area contributed by atoms with Crippen LogP contribution in [0, 0.1) is 12.3 Å². The summed E-state index contributed by atoms with van der Waals surface area (Å²) in [5, 5.41) is 18.9. The Morgan fingerprint density at radius 3 is 2.47 bits per heavy atom. The van der Waals surface area contributed by atoms with Gasteiger partial charge in [0.05, 0.1) is 16.6 Å². The van der Waals surface area contributed by atoms with Crippen molar-refractivity contribution in [3.05, 3.63) is 65.9 Å². The molecular weight excluding hydrogens is 547 g/mol. The van der Waals surface area contributed by atoms with Gasteiger partial charge in [-0.15, -0.1) is 37.2 Å². The molecule has 2 aromatic carbocycles. The number of benzene rings is 2. The third-order valence-corrected chi connectivity index (χ3v) is 6.36. The summed E-state index contributed by atoms with van der Waals surface area (Å²) in [6.45, 7) is 2.02. The third-order valence-electron chi connectivity index (χ3n) is 6.36. The Labute approximate surface area is 239 Å². The minimum Gasteiger partial charge on any atom is -0.370 e. The minimum absolute atomic E-state index is 0. The van der Waals surface area contributed by atoms with Gasteiger partial charge in [-0.2, -0.15) is 4.98 Å². The van der Waals surface area contributed by atoms with Crippen molar-refractivity contribution < 1.29 is 4.79 Å². The van der Waals surface area contributed by atoms with Crippen molar-refractivity contribution in [1.29, 1.82) is 5.41 Å². The van der Waals surface area contributed by atoms with Crippen molar-refractivity contribution in [2.45, 2.75) is 44.7 Å². The number of hydrogen-bond donors (Lipinski definition) is 5. The zero-order valence-corrected chi connectivity index (χ0v) is 23.2. The summed E-state index contributed by atoms with van der Waals surface area (Å²) in [4.78, 5) is 26.7. The molecule has 1 aliphatic rings. The summed E-state index contributed by atoms with van der Waals surface area (Å²) in [7, 11) is 0. The molecule has 5 rings (SSSR count). The van der Waals surface area contributed by atoms with E-state index < -0.39 is 0 Å². The second kappa shape index (κ2) is 13.4. The molecule has 2 heterocycles. The van der Waals surface area contributed by atoms with E-state index in [4.69, 9.17) is 16.1 Å². The highest BCUT2D eigenvalue weighted by Gasteiger charge is 2.26. The van der Waals surface area contributed by atoms with Gasteiger partial charge in [-0.25, -0.2) is 4.98 Å². The van der Waals surface area contributed by atoms with Gasteiger partial charge in [-0.1, -0.05) is 42.7 Å². The van der Waals surface area contributed by atoms with Gasteiger partial charge < -0.3 is 16.4 Å². The smallest absolute Gasteiger partial charge is 0.259 e. The molecule has 9 nitrogen and oxygen atoms in total. The van der Waals surface area contributed by atoms with Crippen LogP contribution in [-0.4, -0.2) is 38.9 Å². The molecule has 0 aliphatic heterocycles. The molecule has 202 valence electrons. The molecule has 0 spiro atoms. The van der Waals surface area contributed by atoms with Crippen molar-refractivity contribution in [3.8, 4) is 0 Å². The Morgan fingerprint density at radius 2 is 1.71 bits per heavy atom. The number of carbonyl (C=O) groups excluding carboxylic acids is 1. The SMILES string of the molecule is Cc1ccc2nc(NC(=O)c3cnc4ccccc4c3)nc(N[C@H]3CCCC[C@H]3NC(=N)N)c2c1.Cl.Cl.Cl. The Bertz CT molecular complexity index is 1430. The highest BCUT2D eigenvalue weighted by atomic mass is 35.5. The topological polar surface area (TPSA) is 142 Å². The molecule has 38 heavy (non-hydrogen) atoms. The lowest BCUT2D eigenvalue weighted by atomic mass is 9.90. The largest absolute Gasteiger partial charge is 0.370 e. The molecule has 1 fully saturated rings. The molecule has 0 radical (unpaired) electrons. The normalized spacial score (nSPS) is 16.3. The molecule has 0 unspecified atom stereocenters. The van der Waals surface area contributed by atoms with E-state index in [2.05, 4.69) is 25.9 Å². The van der Waals surface area contributed by atoms with Crippen LogP contribution in [0.1, 0.15) is 41.6 Å². The van der Waals surface area contributed by atoms with Crippen LogP contribution < -0.4 is 21.7 Å². The number of anilines is 2. The van der Waals surface area contributed by atoms with Gasteiger partial charge in [0, 0.05) is 29.1 Å². The lowest BCUT2D eigenvalue weighted by molar-refractivity contribution is 0.102. The molecule has 6 N–H and O–H groups in total. The lowest BCUT2D eigenvalue weighted by Gasteiger charge is -2.33. The predicted octanol–water partition coefficient (Wildman–Crippen LogP) is 5.21. The first-order valence-corrected chi connectivity index (χ1v) is 11.8. The number of carbonyl (C=O) groups is 1. The number of para-hydroxylation sites is 1. The van der Waals surface area contributed by atoms with E-state index in [0.717, 1.165) is 53.1 Å². The first-order chi connectivity index (χ1) is 17.0. The van der Waals surface area contributed by atoms with Crippen LogP contribution in [0.2, 0.25) is 0 Å². The number of nitrogens with zero attached hydrogens (tertiary/aromatic N) is 3. The number of rotatable bonds is 5. The Morgan fingerprint density at radius 1 is 0.974 bits per heavy atom. The summed E-state index contributed by atoms with van der Waals surface area (Å²) in [5.41, 5.74) is 8.70. The molecule has 0 saturated heterocycles. The van der Waals surface area contributed by atoms with Gasteiger partial charge in [0.25, 0.3) is 5.91 Å². The van der Waals surface area contributed by atoms with E-state index in [1.54, 1.807) is 12.3 Å². The third kappa shape index (κ3) is 6.92. The number of fused-ring (bicyclic) bond motifs is 2. The van der Waals surface area contributed by atoms with E-state index in [1.165, 1.54) is 0 Å². The number of aromatic nitrogens is 3. The standard InChI is InChI=1S/C26H28N8O.3ClH/c1-15-10-11-20-18(12-15)23(30-21-8-4-5-9-22(21)31-25(27)28)33-26(32-20)34-24(35)17-13-16-6-2-3-7-19(16)29-14-17;;;/h2-3,6-7,10-14,21-22H,4-5,8-9H2,1H3,(H4,27,28,31)(H2,30,32,33,34,35);3*1H/t21-,22+;;;/m0.../s1. The van der Waals surface area contributed by atoms with E-state index in [9.17, 15) is 4.79 Å². The minimum atomic E-state index is -0.325. The van der Waals surface area contributed by atoms with Crippen LogP contribution in [0.5, 0.6) is 0 Å². The van der Waals surface area contributed by atoms with Crippen LogP contribution in [0.25, 0.3) is 21.8 Å². The molecule has 1 aliphatic carbocycles. The fourth-order valence-electron chi connectivity index (χ4n) is 4.63. The summed E-state index contributed by atoms with van der Waals surface area (Å²) < 4.78 is 0. The second-order valence-corrected chi connectivity index (χ2v) is 8.99. The summed E-state index contributed by atoms with van der Waals surface area (Å²) >= 11 is 0. The van der Waals surface area contributed by atoms with Gasteiger partial charge in [0.2, 0.25) is 5.95 Å². The second-order valence-electron chi connectivity index (χ2n) is 8.99. The molecular formula is C26H31Cl3N8O. The van der Waals surface area contributed by atoms with E-state index in [0.29, 0.717) is 11.4 Å². The molecule has 0 bridgehead atoms. The Hall–Kier alpha value is -3.40. The first-order valence-electron chi connectivity index (χ1n) is 11.8. The van der Waals surface area contributed by atoms with Crippen molar-refractivity contribution in [2.24, 2.45) is 5.73 Å². The number of amides is 1. The summed E-state index contributed by atoms with van der Waals surface area (Å²) in [5.74, 6) is 0.500. The molecule has 4 aromatic rings. The zero-order valence-electron chi connectivity index (χ0n) is 20.7. The first kappa shape index (κ1) is 30.8. The highest BCUT2D eigenvalue weighted by Crippen LogP contribution is 2.28. The fourth-order valence-corrected chi connectivity index (χ4v) is 4.63. The number of pyridine rings is 1. The number of nitrogens with two attached hydrogens (primary N) is 1. The van der Waals surface area contributed by atoms with Gasteiger partial charge in [-0.05, 0) is 44.0 Å². The van der Waals surface area contributed by atoms with Crippen molar-refractivity contribution in [3.63, 3.8) is 0 Å². The Kier molecular flexibility index (Phi) is 10.9. The quantitative estimate of drug-likeness (QED) is 0.162. The number of halogens is 3. The van der Waals surface area contributed by atoms with E-state index in [-0.39, 0.29) is 67.1 Å². The van der Waals surface area contributed by atoms with Gasteiger partial charge in [-0.3, -0.25) is 20.5 Å². The predicted molar refractivity (Wildman–Crippen MR) is 160 cm³/mol. The van der Waals surface area contributed by atoms with Crippen LogP contribution in [0.3, 0.4) is 0 Å². The summed E-state index contributed by atoms with van der Waals surface area (Å²) in [6, 6.07) is 15.5. The molecule has 12 heteroatoms. The number of hydrogen-bond acceptors (Lipinski definition) is 6. The molecule has 2 aromatic heterocycles. The van der Waals surface area contributed by atoms with Crippen LogP contribution in [0.15, 0.2) is 54.7 Å². The van der Waals surface area contributed by atoms with Gasteiger partial charge in [0.15, 0.2) is 5.96 Å². The average molecular weight is 578 g/mol. The van der Waals surface area contributed by atoms with Crippen LogP contribution >= 0.6 is 37.2 Å². The molecule has 1 amide bonds. The fraction of sp³-hybridized carbons (Fsp3) is 0.269. The maximum atomic E-state index is 13.0. The number of nitrogens with one attached hydrogen (secondary N) is 4. The number of guanidine groups is 1. The van der Waals surface area contributed by atoms with Crippen molar-refractivity contribution in [1.82, 2.24) is 20.3 Å². The average Bonchev–Trinajstić information content (AvgIpc) is 2.85. The van der Waals surface area contributed by atoms with Crippen LogP contribution in [0.4, 0.5) is 11.8 Å². The van der Waals surface area contributed by atoms with Gasteiger partial charge >= 0.3 is 0 Å². The number of aryl methyl sites for hydroxylation is 1. The van der Waals surface area contributed by atoms with E-state index >= 15 is 0 Å². The molecule has 1 saturated carbocycles. The van der Waals surface area contributed by atoms with Crippen molar-refractivity contribution >= 4 is 82.7 Å². The maximum absolute atomic E-state index is 13.0. The van der Waals surface area contributed by atoms with E-state index in [1.807, 2.05) is 49.4 Å². The maximum Gasteiger partial charge on any atom is 0.259 e. The Balaban J connectivity index is 0.00000169. The molecule has 2 atom stereocenters. The monoisotopic (exact) mass is 576 g/mol. The zero-order chi connectivity index (χ0) is 24.4. The summed E-state index contributed by atoms with van der Waals surface area (Å²) in [6.07, 6.45) is 5.55. The van der Waals surface area contributed by atoms with Crippen LogP contribution in [-0.2, 0) is 0 Å². The van der Waals surface area contributed by atoms with Crippen molar-refractivity contribution in [2.75, 3.05) is 10.6 Å². The highest BCUT2D eigenvalue weighted by molar-refractivity contribution is 6.05. The van der Waals surface area contributed by atoms with Gasteiger partial charge in [0.1, 0.15) is 5.82 Å².